The van der Waals surface area contributed by atoms with Gasteiger partial charge in [-0.05, 0) is 12.1 Å². The molecule has 0 aliphatic rings. The number of aryl methyl sites for hydroxylation is 1. The molecule has 2 aromatic rings. The third-order valence-corrected chi connectivity index (χ3v) is 2.06. The lowest BCUT2D eigenvalue weighted by Gasteiger charge is -2.01. The van der Waals surface area contributed by atoms with Crippen LogP contribution < -0.4 is 0 Å². The molecule has 0 spiro atoms. The molecule has 0 bridgehead atoms. The van der Waals surface area contributed by atoms with Crippen LogP contribution in [-0.4, -0.2) is 21.3 Å². The number of hydrogen-bond acceptors (Lipinski definition) is 3. The van der Waals surface area contributed by atoms with Crippen molar-refractivity contribution < 1.29 is 9.18 Å². The lowest BCUT2D eigenvalue weighted by molar-refractivity contribution is 0.111. The van der Waals surface area contributed by atoms with E-state index < -0.39 is 0 Å². The molecule has 0 amide bonds. The van der Waals surface area contributed by atoms with Crippen LogP contribution in [0.3, 0.4) is 0 Å². The Kier molecular flexibility index (Phi) is 2.29. The Hall–Kier alpha value is -2.04. The van der Waals surface area contributed by atoms with Crippen LogP contribution in [0.25, 0.3) is 11.3 Å². The normalized spacial score (nSPS) is 10.3. The molecule has 0 N–H and O–H groups in total. The van der Waals surface area contributed by atoms with Gasteiger partial charge in [0, 0.05) is 12.6 Å². The lowest BCUT2D eigenvalue weighted by Crippen LogP contribution is -1.95. The van der Waals surface area contributed by atoms with Gasteiger partial charge in [-0.15, -0.1) is 5.10 Å². The number of halogens is 1. The first-order chi connectivity index (χ1) is 7.22. The molecule has 76 valence electrons. The minimum atomic E-state index is -0.356. The van der Waals surface area contributed by atoms with Crippen LogP contribution in [0.4, 0.5) is 4.39 Å². The SMILES string of the molecule is Cn1nnc(C=O)c1-c1cccc(F)c1. The lowest BCUT2D eigenvalue weighted by atomic mass is 10.1. The molecule has 0 unspecified atom stereocenters. The second-order valence-corrected chi connectivity index (χ2v) is 3.08. The molecule has 0 aliphatic heterocycles. The van der Waals surface area contributed by atoms with Crippen molar-refractivity contribution >= 4 is 6.29 Å². The quantitative estimate of drug-likeness (QED) is 0.697. The van der Waals surface area contributed by atoms with E-state index in [4.69, 9.17) is 0 Å². The summed E-state index contributed by atoms with van der Waals surface area (Å²) in [5.74, 6) is -0.356. The Morgan fingerprint density at radius 2 is 2.27 bits per heavy atom. The number of benzene rings is 1. The summed E-state index contributed by atoms with van der Waals surface area (Å²) in [6.07, 6.45) is 0.604. The van der Waals surface area contributed by atoms with Gasteiger partial charge in [0.25, 0.3) is 0 Å². The molecule has 1 heterocycles. The fourth-order valence-corrected chi connectivity index (χ4v) is 1.42. The first kappa shape index (κ1) is 9.51. The largest absolute Gasteiger partial charge is 0.296 e. The zero-order chi connectivity index (χ0) is 10.8. The van der Waals surface area contributed by atoms with Gasteiger partial charge in [0.2, 0.25) is 0 Å². The first-order valence-corrected chi connectivity index (χ1v) is 4.33. The number of rotatable bonds is 2. The highest BCUT2D eigenvalue weighted by atomic mass is 19.1. The molecule has 1 aromatic heterocycles. The van der Waals surface area contributed by atoms with E-state index in [1.807, 2.05) is 0 Å². The summed E-state index contributed by atoms with van der Waals surface area (Å²) in [5.41, 5.74) is 1.32. The van der Waals surface area contributed by atoms with Gasteiger partial charge in [0.05, 0.1) is 5.69 Å². The number of aldehydes is 1. The van der Waals surface area contributed by atoms with Gasteiger partial charge in [-0.3, -0.25) is 4.79 Å². The maximum absolute atomic E-state index is 13.0. The van der Waals surface area contributed by atoms with Crippen LogP contribution in [0, 0.1) is 5.82 Å². The standard InChI is InChI=1S/C10H8FN3O/c1-14-10(9(6-15)12-13-14)7-3-2-4-8(11)5-7/h2-6H,1H3. The molecule has 4 nitrogen and oxygen atoms in total. The van der Waals surface area contributed by atoms with Crippen molar-refractivity contribution in [1.29, 1.82) is 0 Å². The highest BCUT2D eigenvalue weighted by molar-refractivity contribution is 5.83. The van der Waals surface area contributed by atoms with Crippen molar-refractivity contribution in [3.05, 3.63) is 35.8 Å². The fourth-order valence-electron chi connectivity index (χ4n) is 1.42. The van der Waals surface area contributed by atoms with Crippen LogP contribution >= 0.6 is 0 Å². The maximum atomic E-state index is 13.0. The third-order valence-electron chi connectivity index (χ3n) is 2.06. The minimum absolute atomic E-state index is 0.211. The molecule has 5 heteroatoms. The Morgan fingerprint density at radius 1 is 1.47 bits per heavy atom. The summed E-state index contributed by atoms with van der Waals surface area (Å²) in [5, 5.41) is 7.37. The Morgan fingerprint density at radius 3 is 2.93 bits per heavy atom. The predicted octanol–water partition coefficient (Wildman–Crippen LogP) is 1.43. The van der Waals surface area contributed by atoms with Crippen LogP contribution in [0.1, 0.15) is 10.5 Å². The Labute approximate surface area is 85.3 Å². The van der Waals surface area contributed by atoms with Crippen molar-refractivity contribution in [2.75, 3.05) is 0 Å². The second-order valence-electron chi connectivity index (χ2n) is 3.08. The van der Waals surface area contributed by atoms with Gasteiger partial charge in [-0.2, -0.15) is 0 Å². The molecule has 0 aliphatic carbocycles. The van der Waals surface area contributed by atoms with Crippen LogP contribution in [-0.2, 0) is 7.05 Å². The van der Waals surface area contributed by atoms with E-state index in [1.54, 1.807) is 19.2 Å². The Balaban J connectivity index is 2.62. The molecular weight excluding hydrogens is 197 g/mol. The van der Waals surface area contributed by atoms with Crippen molar-refractivity contribution in [2.45, 2.75) is 0 Å². The van der Waals surface area contributed by atoms with Gasteiger partial charge < -0.3 is 0 Å². The Bertz CT molecular complexity index is 507. The average Bonchev–Trinajstić information content (AvgIpc) is 2.59. The van der Waals surface area contributed by atoms with E-state index >= 15 is 0 Å². The molecule has 0 fully saturated rings. The molecule has 0 saturated heterocycles. The number of carbonyl (C=O) groups is 1. The summed E-state index contributed by atoms with van der Waals surface area (Å²) in [6, 6.07) is 5.96. The van der Waals surface area contributed by atoms with Gasteiger partial charge in [0.15, 0.2) is 12.0 Å². The van der Waals surface area contributed by atoms with Crippen molar-refractivity contribution in [1.82, 2.24) is 15.0 Å². The van der Waals surface area contributed by atoms with Crippen molar-refractivity contribution in [3.8, 4) is 11.3 Å². The molecule has 0 atom stereocenters. The predicted molar refractivity (Wildman–Crippen MR) is 51.8 cm³/mol. The third kappa shape index (κ3) is 1.63. The van der Waals surface area contributed by atoms with Crippen molar-refractivity contribution in [2.24, 2.45) is 7.05 Å². The molecular formula is C10H8FN3O. The van der Waals surface area contributed by atoms with Crippen molar-refractivity contribution in [3.63, 3.8) is 0 Å². The summed E-state index contributed by atoms with van der Waals surface area (Å²) < 4.78 is 14.4. The van der Waals surface area contributed by atoms with E-state index in [0.29, 0.717) is 17.5 Å². The minimum Gasteiger partial charge on any atom is -0.296 e. The highest BCUT2D eigenvalue weighted by Gasteiger charge is 2.12. The highest BCUT2D eigenvalue weighted by Crippen LogP contribution is 2.20. The average molecular weight is 205 g/mol. The maximum Gasteiger partial charge on any atom is 0.172 e. The van der Waals surface area contributed by atoms with Crippen LogP contribution in [0.5, 0.6) is 0 Å². The second kappa shape index (κ2) is 3.61. The van der Waals surface area contributed by atoms with E-state index in [0.717, 1.165) is 0 Å². The summed E-state index contributed by atoms with van der Waals surface area (Å²) in [7, 11) is 1.65. The number of nitrogens with zero attached hydrogens (tertiary/aromatic N) is 3. The molecule has 1 aromatic carbocycles. The zero-order valence-corrected chi connectivity index (χ0v) is 8.01. The van der Waals surface area contributed by atoms with Gasteiger partial charge in [-0.25, -0.2) is 9.07 Å². The van der Waals surface area contributed by atoms with Crippen LogP contribution in [0.15, 0.2) is 24.3 Å². The monoisotopic (exact) mass is 205 g/mol. The smallest absolute Gasteiger partial charge is 0.172 e. The van der Waals surface area contributed by atoms with Gasteiger partial charge in [0.1, 0.15) is 5.82 Å². The van der Waals surface area contributed by atoms with E-state index in [-0.39, 0.29) is 11.5 Å². The molecule has 0 radical (unpaired) electrons. The van der Waals surface area contributed by atoms with Gasteiger partial charge >= 0.3 is 0 Å². The summed E-state index contributed by atoms with van der Waals surface area (Å²) in [4.78, 5) is 10.7. The summed E-state index contributed by atoms with van der Waals surface area (Å²) >= 11 is 0. The summed E-state index contributed by atoms with van der Waals surface area (Å²) in [6.45, 7) is 0. The van der Waals surface area contributed by atoms with Crippen LogP contribution in [0.2, 0.25) is 0 Å². The van der Waals surface area contributed by atoms with Gasteiger partial charge in [-0.1, -0.05) is 17.3 Å². The number of carbonyl (C=O) groups excluding carboxylic acids is 1. The number of aromatic nitrogens is 3. The molecule has 0 saturated carbocycles. The van der Waals surface area contributed by atoms with E-state index in [1.165, 1.54) is 16.8 Å². The van der Waals surface area contributed by atoms with E-state index in [9.17, 15) is 9.18 Å². The van der Waals surface area contributed by atoms with E-state index in [2.05, 4.69) is 10.3 Å². The zero-order valence-electron chi connectivity index (χ0n) is 8.01. The topological polar surface area (TPSA) is 47.8 Å². The molecule has 15 heavy (non-hydrogen) atoms. The number of hydrogen-bond donors (Lipinski definition) is 0. The molecule has 2 rings (SSSR count). The fraction of sp³-hybridized carbons (Fsp3) is 0.100. The first-order valence-electron chi connectivity index (χ1n) is 4.33.